The number of anilines is 1. The first kappa shape index (κ1) is 11.5. The van der Waals surface area contributed by atoms with E-state index in [0.29, 0.717) is 6.04 Å². The molecule has 0 spiro atoms. The maximum atomic E-state index is 4.24. The van der Waals surface area contributed by atoms with Crippen molar-refractivity contribution in [3.8, 4) is 0 Å². The molecule has 2 atom stereocenters. The van der Waals surface area contributed by atoms with Gasteiger partial charge in [-0.15, -0.1) is 0 Å². The lowest BCUT2D eigenvalue weighted by Crippen LogP contribution is -2.26. The molecule has 0 amide bonds. The number of hydrogen-bond acceptors (Lipinski definition) is 2. The van der Waals surface area contributed by atoms with Crippen molar-refractivity contribution in [2.75, 3.05) is 5.32 Å². The highest BCUT2D eigenvalue weighted by molar-refractivity contribution is 5.93. The Morgan fingerprint density at radius 1 is 1.22 bits per heavy atom. The van der Waals surface area contributed by atoms with Crippen molar-refractivity contribution in [3.63, 3.8) is 0 Å². The molecule has 3 rings (SSSR count). The number of hydrogen-bond donors (Lipinski definition) is 1. The summed E-state index contributed by atoms with van der Waals surface area (Å²) in [7, 11) is 0. The minimum absolute atomic E-state index is 0.625. The summed E-state index contributed by atoms with van der Waals surface area (Å²) in [6, 6.07) is 9.13. The highest BCUT2D eigenvalue weighted by atomic mass is 14.9. The second-order valence-electron chi connectivity index (χ2n) is 5.52. The molecule has 1 aliphatic carbocycles. The highest BCUT2D eigenvalue weighted by Crippen LogP contribution is 2.29. The normalized spacial score (nSPS) is 24.1. The van der Waals surface area contributed by atoms with Crippen LogP contribution < -0.4 is 5.32 Å². The molecule has 1 aliphatic rings. The quantitative estimate of drug-likeness (QED) is 0.850. The lowest BCUT2D eigenvalue weighted by atomic mass is 9.87. The summed E-state index contributed by atoms with van der Waals surface area (Å²) in [4.78, 5) is 4.24. The lowest BCUT2D eigenvalue weighted by Gasteiger charge is -2.28. The van der Waals surface area contributed by atoms with Gasteiger partial charge in [-0.2, -0.15) is 0 Å². The number of fused-ring (bicyclic) bond motifs is 1. The van der Waals surface area contributed by atoms with E-state index in [1.165, 1.54) is 42.1 Å². The van der Waals surface area contributed by atoms with Crippen LogP contribution in [0.2, 0.25) is 0 Å². The van der Waals surface area contributed by atoms with Gasteiger partial charge < -0.3 is 5.32 Å². The van der Waals surface area contributed by atoms with E-state index < -0.39 is 0 Å². The van der Waals surface area contributed by atoms with Crippen molar-refractivity contribution in [3.05, 3.63) is 36.7 Å². The zero-order chi connectivity index (χ0) is 12.4. The van der Waals surface area contributed by atoms with Gasteiger partial charge in [0.25, 0.3) is 0 Å². The molecular weight excluding hydrogens is 220 g/mol. The molecule has 94 valence electrons. The van der Waals surface area contributed by atoms with Gasteiger partial charge in [0.05, 0.1) is 0 Å². The fourth-order valence-corrected chi connectivity index (χ4v) is 3.02. The third kappa shape index (κ3) is 2.33. The van der Waals surface area contributed by atoms with Crippen LogP contribution in [0.1, 0.15) is 32.6 Å². The Kier molecular flexibility index (Phi) is 3.18. The maximum absolute atomic E-state index is 4.24. The second kappa shape index (κ2) is 4.97. The van der Waals surface area contributed by atoms with Gasteiger partial charge in [-0.1, -0.05) is 31.9 Å². The van der Waals surface area contributed by atoms with Gasteiger partial charge in [0.2, 0.25) is 0 Å². The summed E-state index contributed by atoms with van der Waals surface area (Å²) >= 11 is 0. The average Bonchev–Trinajstić information content (AvgIpc) is 2.39. The molecule has 2 heteroatoms. The first-order chi connectivity index (χ1) is 8.83. The van der Waals surface area contributed by atoms with E-state index in [1.807, 2.05) is 12.4 Å². The van der Waals surface area contributed by atoms with Crippen molar-refractivity contribution in [1.29, 1.82) is 0 Å². The Bertz CT molecular complexity index is 530. The Hall–Kier alpha value is -1.57. The van der Waals surface area contributed by atoms with Crippen LogP contribution in [-0.4, -0.2) is 11.0 Å². The molecule has 0 radical (unpaired) electrons. The van der Waals surface area contributed by atoms with E-state index in [1.54, 1.807) is 0 Å². The summed E-state index contributed by atoms with van der Waals surface area (Å²) < 4.78 is 0. The Labute approximate surface area is 108 Å². The number of nitrogens with zero attached hydrogens (tertiary/aromatic N) is 1. The molecule has 2 unspecified atom stereocenters. The van der Waals surface area contributed by atoms with Crippen molar-refractivity contribution in [2.24, 2.45) is 5.92 Å². The number of pyridine rings is 1. The summed E-state index contributed by atoms with van der Waals surface area (Å²) in [5, 5.41) is 6.21. The summed E-state index contributed by atoms with van der Waals surface area (Å²) in [6.45, 7) is 2.36. The molecule has 1 heterocycles. The van der Waals surface area contributed by atoms with Crippen molar-refractivity contribution >= 4 is 16.5 Å². The Balaban J connectivity index is 1.86. The molecule has 1 fully saturated rings. The monoisotopic (exact) mass is 240 g/mol. The predicted molar refractivity (Wildman–Crippen MR) is 76.8 cm³/mol. The van der Waals surface area contributed by atoms with Crippen LogP contribution in [0.15, 0.2) is 36.7 Å². The fourth-order valence-electron chi connectivity index (χ4n) is 3.02. The van der Waals surface area contributed by atoms with E-state index in [-0.39, 0.29) is 0 Å². The van der Waals surface area contributed by atoms with Crippen LogP contribution in [-0.2, 0) is 0 Å². The first-order valence-corrected chi connectivity index (χ1v) is 6.92. The zero-order valence-corrected chi connectivity index (χ0v) is 10.9. The third-order valence-corrected chi connectivity index (χ3v) is 3.98. The Morgan fingerprint density at radius 3 is 3.06 bits per heavy atom. The number of benzene rings is 1. The molecule has 1 saturated carbocycles. The largest absolute Gasteiger partial charge is 0.382 e. The SMILES string of the molecule is CC1CCCC(Nc2cccc3ccncc23)C1. The van der Waals surface area contributed by atoms with Crippen molar-refractivity contribution in [2.45, 2.75) is 38.6 Å². The van der Waals surface area contributed by atoms with Gasteiger partial charge in [-0.05, 0) is 36.3 Å². The van der Waals surface area contributed by atoms with Gasteiger partial charge >= 0.3 is 0 Å². The Morgan fingerprint density at radius 2 is 2.17 bits per heavy atom. The molecule has 2 aromatic rings. The highest BCUT2D eigenvalue weighted by Gasteiger charge is 2.18. The van der Waals surface area contributed by atoms with Gasteiger partial charge in [0, 0.05) is 29.5 Å². The third-order valence-electron chi connectivity index (χ3n) is 3.98. The van der Waals surface area contributed by atoms with E-state index >= 15 is 0 Å². The van der Waals surface area contributed by atoms with Crippen LogP contribution in [0, 0.1) is 5.92 Å². The molecular formula is C16H20N2. The molecule has 1 aromatic heterocycles. The van der Waals surface area contributed by atoms with Crippen molar-refractivity contribution < 1.29 is 0 Å². The average molecular weight is 240 g/mol. The van der Waals surface area contributed by atoms with Crippen LogP contribution >= 0.6 is 0 Å². The summed E-state index contributed by atoms with van der Waals surface area (Å²) in [6.07, 6.45) is 9.13. The lowest BCUT2D eigenvalue weighted by molar-refractivity contribution is 0.359. The molecule has 0 bridgehead atoms. The number of rotatable bonds is 2. The fraction of sp³-hybridized carbons (Fsp3) is 0.438. The van der Waals surface area contributed by atoms with Gasteiger partial charge in [0.15, 0.2) is 0 Å². The minimum Gasteiger partial charge on any atom is -0.382 e. The van der Waals surface area contributed by atoms with E-state index in [9.17, 15) is 0 Å². The van der Waals surface area contributed by atoms with Crippen LogP contribution in [0.5, 0.6) is 0 Å². The standard InChI is InChI=1S/C16H20N2/c1-12-4-2-6-14(10-12)18-16-7-3-5-13-8-9-17-11-15(13)16/h3,5,7-9,11-12,14,18H,2,4,6,10H2,1H3. The molecule has 2 nitrogen and oxygen atoms in total. The number of aromatic nitrogens is 1. The summed E-state index contributed by atoms with van der Waals surface area (Å²) in [5.41, 5.74) is 1.24. The predicted octanol–water partition coefficient (Wildman–Crippen LogP) is 4.23. The molecule has 1 N–H and O–H groups in total. The van der Waals surface area contributed by atoms with Gasteiger partial charge in [-0.3, -0.25) is 4.98 Å². The van der Waals surface area contributed by atoms with Crippen molar-refractivity contribution in [1.82, 2.24) is 4.98 Å². The minimum atomic E-state index is 0.625. The van der Waals surface area contributed by atoms with Gasteiger partial charge in [0.1, 0.15) is 0 Å². The van der Waals surface area contributed by atoms with Crippen LogP contribution in [0.25, 0.3) is 10.8 Å². The van der Waals surface area contributed by atoms with Crippen LogP contribution in [0.3, 0.4) is 0 Å². The smallest absolute Gasteiger partial charge is 0.0437 e. The van der Waals surface area contributed by atoms with E-state index in [4.69, 9.17) is 0 Å². The zero-order valence-electron chi connectivity index (χ0n) is 10.9. The summed E-state index contributed by atoms with van der Waals surface area (Å²) in [5.74, 6) is 0.851. The van der Waals surface area contributed by atoms with Gasteiger partial charge in [-0.25, -0.2) is 0 Å². The number of nitrogens with one attached hydrogen (secondary N) is 1. The molecule has 0 aliphatic heterocycles. The second-order valence-corrected chi connectivity index (χ2v) is 5.52. The maximum Gasteiger partial charge on any atom is 0.0437 e. The molecule has 0 saturated heterocycles. The first-order valence-electron chi connectivity index (χ1n) is 6.92. The molecule has 1 aromatic carbocycles. The van der Waals surface area contributed by atoms with E-state index in [2.05, 4.69) is 41.5 Å². The van der Waals surface area contributed by atoms with E-state index in [0.717, 1.165) is 5.92 Å². The molecule has 18 heavy (non-hydrogen) atoms. The topological polar surface area (TPSA) is 24.9 Å². The van der Waals surface area contributed by atoms with Crippen LogP contribution in [0.4, 0.5) is 5.69 Å².